The van der Waals surface area contributed by atoms with Gasteiger partial charge >= 0.3 is 0 Å². The van der Waals surface area contributed by atoms with Crippen molar-refractivity contribution in [2.75, 3.05) is 32.1 Å². The van der Waals surface area contributed by atoms with Gasteiger partial charge in [0.25, 0.3) is 0 Å². The van der Waals surface area contributed by atoms with Crippen molar-refractivity contribution in [3.05, 3.63) is 30.1 Å². The number of carbonyl (C=O) groups is 1. The number of aromatic amines is 1. The lowest BCUT2D eigenvalue weighted by Gasteiger charge is -2.13. The fourth-order valence-corrected chi connectivity index (χ4v) is 3.04. The number of benzene rings is 1. The molecule has 0 spiro atoms. The fourth-order valence-electron chi connectivity index (χ4n) is 3.04. The van der Waals surface area contributed by atoms with Crippen molar-refractivity contribution < 1.29 is 13.9 Å². The van der Waals surface area contributed by atoms with Crippen LogP contribution in [-0.4, -0.2) is 47.7 Å². The second-order valence-corrected chi connectivity index (χ2v) is 6.22. The molecule has 1 fully saturated rings. The topological polar surface area (TPSA) is 70.2 Å². The van der Waals surface area contributed by atoms with E-state index in [4.69, 9.17) is 4.74 Å². The van der Waals surface area contributed by atoms with Crippen molar-refractivity contribution in [3.8, 4) is 17.0 Å². The zero-order valence-corrected chi connectivity index (χ0v) is 14.3. The van der Waals surface area contributed by atoms with Crippen LogP contribution in [0.25, 0.3) is 11.3 Å². The summed E-state index contributed by atoms with van der Waals surface area (Å²) in [5.41, 5.74) is 1.18. The van der Waals surface area contributed by atoms with E-state index in [0.717, 1.165) is 26.1 Å². The number of hydrogen-bond acceptors (Lipinski definition) is 4. The molecule has 0 aliphatic carbocycles. The number of rotatable bonds is 7. The zero-order valence-electron chi connectivity index (χ0n) is 14.3. The highest BCUT2D eigenvalue weighted by atomic mass is 19.1. The maximum Gasteiger partial charge on any atom is 0.225 e. The Bertz CT molecular complexity index is 726. The highest BCUT2D eigenvalue weighted by Gasteiger charge is 2.13. The van der Waals surface area contributed by atoms with Gasteiger partial charge in [-0.15, -0.1) is 0 Å². The van der Waals surface area contributed by atoms with Crippen LogP contribution in [0.3, 0.4) is 0 Å². The molecule has 0 saturated carbocycles. The Kier molecular flexibility index (Phi) is 5.65. The second-order valence-electron chi connectivity index (χ2n) is 6.22. The van der Waals surface area contributed by atoms with E-state index in [-0.39, 0.29) is 11.7 Å². The van der Waals surface area contributed by atoms with Gasteiger partial charge < -0.3 is 15.0 Å². The number of amides is 1. The van der Waals surface area contributed by atoms with Gasteiger partial charge in [0.05, 0.1) is 12.8 Å². The summed E-state index contributed by atoms with van der Waals surface area (Å²) in [5, 5.41) is 9.69. The lowest BCUT2D eigenvalue weighted by molar-refractivity contribution is -0.116. The van der Waals surface area contributed by atoms with Gasteiger partial charge in [0, 0.05) is 18.1 Å². The largest absolute Gasteiger partial charge is 0.494 e. The van der Waals surface area contributed by atoms with Crippen molar-refractivity contribution in [3.63, 3.8) is 0 Å². The molecule has 0 radical (unpaired) electrons. The Hall–Kier alpha value is -2.41. The van der Waals surface area contributed by atoms with E-state index in [1.54, 1.807) is 18.2 Å². The van der Waals surface area contributed by atoms with Gasteiger partial charge in [0.1, 0.15) is 5.82 Å². The van der Waals surface area contributed by atoms with Crippen LogP contribution in [0.4, 0.5) is 10.2 Å². The molecule has 1 aromatic carbocycles. The van der Waals surface area contributed by atoms with E-state index in [1.165, 1.54) is 26.0 Å². The average molecular weight is 346 g/mol. The summed E-state index contributed by atoms with van der Waals surface area (Å²) < 4.78 is 18.7. The number of nitrogens with zero attached hydrogens (tertiary/aromatic N) is 2. The van der Waals surface area contributed by atoms with Gasteiger partial charge in [-0.25, -0.2) is 4.39 Å². The predicted octanol–water partition coefficient (Wildman–Crippen LogP) is 3.04. The Morgan fingerprint density at radius 3 is 2.88 bits per heavy atom. The summed E-state index contributed by atoms with van der Waals surface area (Å²) in [6.07, 6.45) is 3.84. The standard InChI is InChI=1S/C18H23FN4O2/c1-25-16-7-6-13(11-14(16)19)15-12-17(22-21-15)20-18(24)5-4-10-23-8-2-3-9-23/h6-7,11-12H,2-5,8-10H2,1H3,(H2,20,21,22,24). The highest BCUT2D eigenvalue weighted by molar-refractivity contribution is 5.90. The fraction of sp³-hybridized carbons (Fsp3) is 0.444. The average Bonchev–Trinajstić information content (AvgIpc) is 3.27. The summed E-state index contributed by atoms with van der Waals surface area (Å²) in [6, 6.07) is 6.33. The maximum atomic E-state index is 13.8. The second kappa shape index (κ2) is 8.11. The molecular formula is C18H23FN4O2. The normalized spacial score (nSPS) is 14.6. The van der Waals surface area contributed by atoms with Crippen LogP contribution in [0.15, 0.2) is 24.3 Å². The minimum Gasteiger partial charge on any atom is -0.494 e. The number of halogens is 1. The van der Waals surface area contributed by atoms with Crippen LogP contribution in [0.1, 0.15) is 25.7 Å². The molecule has 3 rings (SSSR count). The van der Waals surface area contributed by atoms with Gasteiger partial charge in [0.15, 0.2) is 11.6 Å². The molecular weight excluding hydrogens is 323 g/mol. The minimum absolute atomic E-state index is 0.0460. The minimum atomic E-state index is -0.449. The van der Waals surface area contributed by atoms with E-state index in [9.17, 15) is 9.18 Å². The van der Waals surface area contributed by atoms with Crippen molar-refractivity contribution >= 4 is 11.7 Å². The molecule has 1 aliphatic heterocycles. The van der Waals surface area contributed by atoms with Gasteiger partial charge in [-0.1, -0.05) is 0 Å². The number of H-pyrrole nitrogens is 1. The molecule has 0 unspecified atom stereocenters. The lowest BCUT2D eigenvalue weighted by Crippen LogP contribution is -2.22. The van der Waals surface area contributed by atoms with Crippen molar-refractivity contribution in [1.82, 2.24) is 15.1 Å². The molecule has 0 atom stereocenters. The molecule has 134 valence electrons. The summed E-state index contributed by atoms with van der Waals surface area (Å²) in [4.78, 5) is 14.4. The van der Waals surface area contributed by atoms with Crippen LogP contribution < -0.4 is 10.1 Å². The molecule has 0 bridgehead atoms. The number of likely N-dealkylation sites (tertiary alicyclic amines) is 1. The first kappa shape index (κ1) is 17.4. The first-order valence-electron chi connectivity index (χ1n) is 8.57. The molecule has 1 saturated heterocycles. The first-order valence-corrected chi connectivity index (χ1v) is 8.57. The third-order valence-electron chi connectivity index (χ3n) is 4.38. The summed E-state index contributed by atoms with van der Waals surface area (Å²) in [5.74, 6) is 0.203. The number of nitrogens with one attached hydrogen (secondary N) is 2. The number of aromatic nitrogens is 2. The number of hydrogen-bond donors (Lipinski definition) is 2. The molecule has 2 heterocycles. The van der Waals surface area contributed by atoms with Crippen molar-refractivity contribution in [2.45, 2.75) is 25.7 Å². The van der Waals surface area contributed by atoms with E-state index in [2.05, 4.69) is 20.4 Å². The number of carbonyl (C=O) groups excluding carboxylic acids is 1. The highest BCUT2D eigenvalue weighted by Crippen LogP contribution is 2.25. The molecule has 25 heavy (non-hydrogen) atoms. The molecule has 2 N–H and O–H groups in total. The summed E-state index contributed by atoms with van der Waals surface area (Å²) in [6.45, 7) is 3.25. The third kappa shape index (κ3) is 4.57. The summed E-state index contributed by atoms with van der Waals surface area (Å²) >= 11 is 0. The van der Waals surface area contributed by atoms with E-state index >= 15 is 0 Å². The Labute approximate surface area is 146 Å². The molecule has 7 heteroatoms. The Morgan fingerprint density at radius 2 is 2.16 bits per heavy atom. The van der Waals surface area contributed by atoms with Crippen LogP contribution in [0.5, 0.6) is 5.75 Å². The third-order valence-corrected chi connectivity index (χ3v) is 4.38. The van der Waals surface area contributed by atoms with Crippen molar-refractivity contribution in [1.29, 1.82) is 0 Å². The van der Waals surface area contributed by atoms with Gasteiger partial charge in [-0.2, -0.15) is 5.10 Å². The Morgan fingerprint density at radius 1 is 1.36 bits per heavy atom. The lowest BCUT2D eigenvalue weighted by atomic mass is 10.1. The van der Waals surface area contributed by atoms with E-state index < -0.39 is 5.82 Å². The molecule has 1 aromatic heterocycles. The monoisotopic (exact) mass is 346 g/mol. The molecule has 2 aromatic rings. The van der Waals surface area contributed by atoms with Crippen molar-refractivity contribution in [2.24, 2.45) is 0 Å². The SMILES string of the molecule is COc1ccc(-c2cc(NC(=O)CCCN3CCCC3)[nH]n2)cc1F. The maximum absolute atomic E-state index is 13.8. The van der Waals surface area contributed by atoms with Crippen LogP contribution in [-0.2, 0) is 4.79 Å². The van der Waals surface area contributed by atoms with Gasteiger partial charge in [-0.3, -0.25) is 9.89 Å². The van der Waals surface area contributed by atoms with Crippen LogP contribution >= 0.6 is 0 Å². The molecule has 6 nitrogen and oxygen atoms in total. The van der Waals surface area contributed by atoms with E-state index in [0.29, 0.717) is 23.5 Å². The predicted molar refractivity (Wildman–Crippen MR) is 94.1 cm³/mol. The quantitative estimate of drug-likeness (QED) is 0.808. The smallest absolute Gasteiger partial charge is 0.225 e. The Balaban J connectivity index is 1.52. The number of methoxy groups -OCH3 is 1. The molecule has 1 aliphatic rings. The number of anilines is 1. The number of ether oxygens (including phenoxy) is 1. The first-order chi connectivity index (χ1) is 12.2. The van der Waals surface area contributed by atoms with Gasteiger partial charge in [0.2, 0.25) is 5.91 Å². The van der Waals surface area contributed by atoms with Crippen LogP contribution in [0, 0.1) is 5.82 Å². The van der Waals surface area contributed by atoms with E-state index in [1.807, 2.05) is 0 Å². The summed E-state index contributed by atoms with van der Waals surface area (Å²) in [7, 11) is 1.42. The van der Waals surface area contributed by atoms with Gasteiger partial charge in [-0.05, 0) is 57.1 Å². The zero-order chi connectivity index (χ0) is 17.6. The molecule has 1 amide bonds. The van der Waals surface area contributed by atoms with Crippen LogP contribution in [0.2, 0.25) is 0 Å².